The first kappa shape index (κ1) is 15.0. The molecule has 0 bridgehead atoms. The summed E-state index contributed by atoms with van der Waals surface area (Å²) in [4.78, 5) is 0. The van der Waals surface area contributed by atoms with Gasteiger partial charge in [0, 0.05) is 5.54 Å². The summed E-state index contributed by atoms with van der Waals surface area (Å²) in [6.07, 6.45) is 11.3. The minimum Gasteiger partial charge on any atom is -0.312 e. The van der Waals surface area contributed by atoms with Gasteiger partial charge < -0.3 is 5.32 Å². The van der Waals surface area contributed by atoms with Gasteiger partial charge >= 0.3 is 0 Å². The van der Waals surface area contributed by atoms with Gasteiger partial charge in [0.25, 0.3) is 0 Å². The van der Waals surface area contributed by atoms with E-state index in [1.807, 2.05) is 0 Å². The van der Waals surface area contributed by atoms with E-state index in [0.717, 1.165) is 0 Å². The zero-order valence-electron chi connectivity index (χ0n) is 11.4. The fraction of sp³-hybridized carbons (Fsp3) is 1.00. The number of rotatable bonds is 9. The van der Waals surface area contributed by atoms with Crippen LogP contribution in [0.25, 0.3) is 0 Å². The topological polar surface area (TPSA) is 12.0 Å². The highest BCUT2D eigenvalue weighted by atomic mass is 14.9. The highest BCUT2D eigenvalue weighted by molar-refractivity contribution is 4.69. The van der Waals surface area contributed by atoms with E-state index in [2.05, 4.69) is 33.0 Å². The lowest BCUT2D eigenvalue weighted by Gasteiger charge is -2.20. The highest BCUT2D eigenvalue weighted by Crippen LogP contribution is 2.08. The lowest BCUT2D eigenvalue weighted by atomic mass is 10.1. The van der Waals surface area contributed by atoms with Crippen LogP contribution in [0.3, 0.4) is 0 Å². The van der Waals surface area contributed by atoms with Crippen molar-refractivity contribution in [1.29, 1.82) is 0 Å². The minimum atomic E-state index is 0.293. The van der Waals surface area contributed by atoms with Gasteiger partial charge in [0.2, 0.25) is 0 Å². The van der Waals surface area contributed by atoms with E-state index in [0.29, 0.717) is 5.54 Å². The Morgan fingerprint density at radius 3 is 1.67 bits per heavy atom. The van der Waals surface area contributed by atoms with Crippen molar-refractivity contribution >= 4 is 0 Å². The summed E-state index contributed by atoms with van der Waals surface area (Å²) in [7, 11) is 0. The van der Waals surface area contributed by atoms with Crippen LogP contribution in [0.4, 0.5) is 0 Å². The lowest BCUT2D eigenvalue weighted by Crippen LogP contribution is -2.36. The molecule has 0 aromatic rings. The average molecular weight is 213 g/mol. The Morgan fingerprint density at radius 1 is 0.733 bits per heavy atom. The summed E-state index contributed by atoms with van der Waals surface area (Å²) in [5, 5.41) is 3.53. The first-order valence-electron chi connectivity index (χ1n) is 6.81. The SMILES string of the molecule is CCCCCCCCCCNC(C)(C)C. The molecule has 0 spiro atoms. The van der Waals surface area contributed by atoms with Crippen molar-refractivity contribution in [2.75, 3.05) is 6.54 Å². The largest absolute Gasteiger partial charge is 0.312 e. The molecule has 0 aliphatic carbocycles. The Bertz CT molecular complexity index is 124. The molecule has 0 radical (unpaired) electrons. The van der Waals surface area contributed by atoms with Crippen molar-refractivity contribution in [1.82, 2.24) is 5.32 Å². The monoisotopic (exact) mass is 213 g/mol. The molecule has 0 aliphatic rings. The fourth-order valence-electron chi connectivity index (χ4n) is 1.72. The predicted molar refractivity (Wildman–Crippen MR) is 70.4 cm³/mol. The standard InChI is InChI=1S/C14H31N/c1-5-6-7-8-9-10-11-12-13-15-14(2,3)4/h15H,5-13H2,1-4H3. The Kier molecular flexibility index (Phi) is 9.18. The summed E-state index contributed by atoms with van der Waals surface area (Å²) in [6.45, 7) is 10.2. The molecule has 0 rings (SSSR count). The molecule has 92 valence electrons. The summed E-state index contributed by atoms with van der Waals surface area (Å²) in [5.41, 5.74) is 0.293. The number of unbranched alkanes of at least 4 members (excludes halogenated alkanes) is 7. The molecule has 0 saturated carbocycles. The highest BCUT2D eigenvalue weighted by Gasteiger charge is 2.06. The summed E-state index contributed by atoms with van der Waals surface area (Å²) in [6, 6.07) is 0. The van der Waals surface area contributed by atoms with E-state index in [9.17, 15) is 0 Å². The van der Waals surface area contributed by atoms with Crippen LogP contribution in [0.15, 0.2) is 0 Å². The quantitative estimate of drug-likeness (QED) is 0.555. The fourth-order valence-corrected chi connectivity index (χ4v) is 1.72. The van der Waals surface area contributed by atoms with Gasteiger partial charge in [-0.2, -0.15) is 0 Å². The Morgan fingerprint density at radius 2 is 1.20 bits per heavy atom. The maximum atomic E-state index is 3.53. The zero-order chi connectivity index (χ0) is 11.6. The molecule has 1 nitrogen and oxygen atoms in total. The number of nitrogens with one attached hydrogen (secondary N) is 1. The molecule has 0 saturated heterocycles. The molecular weight excluding hydrogens is 182 g/mol. The van der Waals surface area contributed by atoms with Crippen molar-refractivity contribution in [3.63, 3.8) is 0 Å². The molecule has 0 atom stereocenters. The van der Waals surface area contributed by atoms with Crippen LogP contribution < -0.4 is 5.32 Å². The second-order valence-corrected chi connectivity index (χ2v) is 5.65. The normalized spacial score (nSPS) is 12.0. The van der Waals surface area contributed by atoms with Crippen LogP contribution in [0.5, 0.6) is 0 Å². The summed E-state index contributed by atoms with van der Waals surface area (Å²) < 4.78 is 0. The second kappa shape index (κ2) is 9.21. The van der Waals surface area contributed by atoms with E-state index in [1.165, 1.54) is 57.9 Å². The van der Waals surface area contributed by atoms with E-state index in [1.54, 1.807) is 0 Å². The Hall–Kier alpha value is -0.0400. The average Bonchev–Trinajstić information content (AvgIpc) is 2.14. The third kappa shape index (κ3) is 14.0. The molecule has 1 heteroatoms. The maximum absolute atomic E-state index is 3.53. The third-order valence-electron chi connectivity index (χ3n) is 2.69. The van der Waals surface area contributed by atoms with Gasteiger partial charge in [0.15, 0.2) is 0 Å². The lowest BCUT2D eigenvalue weighted by molar-refractivity contribution is 0.415. The van der Waals surface area contributed by atoms with Gasteiger partial charge in [-0.25, -0.2) is 0 Å². The number of hydrogen-bond donors (Lipinski definition) is 1. The number of hydrogen-bond acceptors (Lipinski definition) is 1. The van der Waals surface area contributed by atoms with Crippen molar-refractivity contribution in [2.24, 2.45) is 0 Å². The van der Waals surface area contributed by atoms with Crippen molar-refractivity contribution < 1.29 is 0 Å². The Balaban J connectivity index is 2.99. The molecule has 0 aromatic heterocycles. The van der Waals surface area contributed by atoms with Crippen molar-refractivity contribution in [3.05, 3.63) is 0 Å². The van der Waals surface area contributed by atoms with Crippen molar-refractivity contribution in [2.45, 2.75) is 84.6 Å². The van der Waals surface area contributed by atoms with Crippen LogP contribution in [0.1, 0.15) is 79.1 Å². The van der Waals surface area contributed by atoms with Gasteiger partial charge in [-0.05, 0) is 33.7 Å². The molecular formula is C14H31N. The van der Waals surface area contributed by atoms with Crippen LogP contribution in [-0.2, 0) is 0 Å². The molecule has 0 fully saturated rings. The molecule has 0 unspecified atom stereocenters. The van der Waals surface area contributed by atoms with Gasteiger partial charge in [-0.1, -0.05) is 51.9 Å². The smallest absolute Gasteiger partial charge is 0.00965 e. The maximum Gasteiger partial charge on any atom is 0.00965 e. The van der Waals surface area contributed by atoms with Gasteiger partial charge in [0.1, 0.15) is 0 Å². The van der Waals surface area contributed by atoms with Crippen LogP contribution >= 0.6 is 0 Å². The van der Waals surface area contributed by atoms with Gasteiger partial charge in [0.05, 0.1) is 0 Å². The van der Waals surface area contributed by atoms with Gasteiger partial charge in [-0.3, -0.25) is 0 Å². The molecule has 0 amide bonds. The first-order chi connectivity index (χ1) is 7.06. The molecule has 15 heavy (non-hydrogen) atoms. The predicted octanol–water partition coefficient (Wildman–Crippen LogP) is 4.52. The second-order valence-electron chi connectivity index (χ2n) is 5.65. The molecule has 1 N–H and O–H groups in total. The van der Waals surface area contributed by atoms with Gasteiger partial charge in [-0.15, -0.1) is 0 Å². The summed E-state index contributed by atoms with van der Waals surface area (Å²) >= 11 is 0. The third-order valence-corrected chi connectivity index (χ3v) is 2.69. The van der Waals surface area contributed by atoms with E-state index >= 15 is 0 Å². The van der Waals surface area contributed by atoms with E-state index < -0.39 is 0 Å². The zero-order valence-corrected chi connectivity index (χ0v) is 11.4. The van der Waals surface area contributed by atoms with Crippen LogP contribution in [-0.4, -0.2) is 12.1 Å². The molecule has 0 aromatic carbocycles. The minimum absolute atomic E-state index is 0.293. The van der Waals surface area contributed by atoms with E-state index in [-0.39, 0.29) is 0 Å². The Labute approximate surface area is 97.0 Å². The summed E-state index contributed by atoms with van der Waals surface area (Å²) in [5.74, 6) is 0. The van der Waals surface area contributed by atoms with Crippen LogP contribution in [0, 0.1) is 0 Å². The van der Waals surface area contributed by atoms with Crippen LogP contribution in [0.2, 0.25) is 0 Å². The first-order valence-corrected chi connectivity index (χ1v) is 6.81. The van der Waals surface area contributed by atoms with E-state index in [4.69, 9.17) is 0 Å². The molecule has 0 aliphatic heterocycles. The molecule has 0 heterocycles. The van der Waals surface area contributed by atoms with Crippen molar-refractivity contribution in [3.8, 4) is 0 Å².